The van der Waals surface area contributed by atoms with Gasteiger partial charge >= 0.3 is 12.1 Å². The number of nitrogens with zero attached hydrogens (tertiary/aromatic N) is 1. The van der Waals surface area contributed by atoms with Crippen LogP contribution in [0.3, 0.4) is 0 Å². The summed E-state index contributed by atoms with van der Waals surface area (Å²) in [4.78, 5) is 35.1. The van der Waals surface area contributed by atoms with Crippen LogP contribution in [0.4, 0.5) is 4.79 Å². The lowest BCUT2D eigenvalue weighted by atomic mass is 9.93. The summed E-state index contributed by atoms with van der Waals surface area (Å²) in [6.45, 7) is 6.35. The zero-order chi connectivity index (χ0) is 14.6. The van der Waals surface area contributed by atoms with Crippen LogP contribution in [0.5, 0.6) is 0 Å². The van der Waals surface area contributed by atoms with E-state index in [1.54, 1.807) is 25.7 Å². The molecule has 0 aliphatic carbocycles. The molecule has 0 radical (unpaired) electrons. The van der Waals surface area contributed by atoms with Crippen LogP contribution >= 0.6 is 0 Å². The predicted molar refractivity (Wildman–Crippen MR) is 67.8 cm³/mol. The monoisotopic (exact) mass is 271 g/mol. The maximum Gasteiger partial charge on any atom is 0.410 e. The van der Waals surface area contributed by atoms with Gasteiger partial charge in [0.25, 0.3) is 0 Å². The number of carbonyl (C=O) groups excluding carboxylic acids is 2. The van der Waals surface area contributed by atoms with E-state index >= 15 is 0 Å². The summed E-state index contributed by atoms with van der Waals surface area (Å²) in [5.41, 5.74) is -0.555. The van der Waals surface area contributed by atoms with Gasteiger partial charge in [0.05, 0.1) is 0 Å². The van der Waals surface area contributed by atoms with E-state index in [9.17, 15) is 14.4 Å². The fourth-order valence-corrected chi connectivity index (χ4v) is 2.07. The van der Waals surface area contributed by atoms with E-state index in [1.165, 1.54) is 0 Å². The molecule has 1 rings (SSSR count). The Morgan fingerprint density at radius 1 is 1.32 bits per heavy atom. The lowest BCUT2D eigenvalue weighted by Crippen LogP contribution is -2.43. The van der Waals surface area contributed by atoms with Crippen LogP contribution in [-0.2, 0) is 14.3 Å². The Kier molecular flexibility index (Phi) is 4.91. The van der Waals surface area contributed by atoms with Gasteiger partial charge in [0, 0.05) is 19.5 Å². The highest BCUT2D eigenvalue weighted by Gasteiger charge is 2.29. The van der Waals surface area contributed by atoms with Crippen LogP contribution in [0.1, 0.15) is 40.0 Å². The number of amides is 1. The first-order chi connectivity index (χ1) is 8.69. The number of piperidine rings is 1. The van der Waals surface area contributed by atoms with E-state index in [4.69, 9.17) is 9.84 Å². The average Bonchev–Trinajstić information content (AvgIpc) is 2.27. The second-order valence-corrected chi connectivity index (χ2v) is 5.87. The molecule has 1 aliphatic rings. The molecule has 0 aromatic rings. The SMILES string of the molecule is CC(C)(C)OC(=O)N1CCCC(CC(=O)C(=O)O)C1. The molecule has 0 aromatic heterocycles. The largest absolute Gasteiger partial charge is 0.476 e. The van der Waals surface area contributed by atoms with Crippen LogP contribution in [0.15, 0.2) is 0 Å². The minimum Gasteiger partial charge on any atom is -0.476 e. The molecule has 0 spiro atoms. The molecule has 1 saturated heterocycles. The first kappa shape index (κ1) is 15.5. The lowest BCUT2D eigenvalue weighted by molar-refractivity contribution is -0.149. The number of carboxylic acid groups (broad SMARTS) is 1. The van der Waals surface area contributed by atoms with Gasteiger partial charge in [-0.1, -0.05) is 0 Å². The molecule has 19 heavy (non-hydrogen) atoms. The van der Waals surface area contributed by atoms with Crippen LogP contribution in [-0.4, -0.2) is 46.5 Å². The molecule has 6 nitrogen and oxygen atoms in total. The van der Waals surface area contributed by atoms with Gasteiger partial charge < -0.3 is 14.7 Å². The van der Waals surface area contributed by atoms with E-state index in [0.717, 1.165) is 12.8 Å². The second kappa shape index (κ2) is 6.04. The molecule has 108 valence electrons. The van der Waals surface area contributed by atoms with Crippen LogP contribution in [0, 0.1) is 5.92 Å². The van der Waals surface area contributed by atoms with E-state index in [1.807, 2.05) is 0 Å². The normalized spacial score (nSPS) is 19.9. The maximum atomic E-state index is 11.9. The van der Waals surface area contributed by atoms with Crippen molar-refractivity contribution < 1.29 is 24.2 Å². The molecule has 1 heterocycles. The Balaban J connectivity index is 2.52. The van der Waals surface area contributed by atoms with Crippen molar-refractivity contribution in [2.45, 2.75) is 45.6 Å². The van der Waals surface area contributed by atoms with Gasteiger partial charge in [0.15, 0.2) is 0 Å². The number of hydrogen-bond donors (Lipinski definition) is 1. The molecule has 1 unspecified atom stereocenters. The minimum absolute atomic E-state index is 0.0192. The summed E-state index contributed by atoms with van der Waals surface area (Å²) >= 11 is 0. The topological polar surface area (TPSA) is 83.9 Å². The van der Waals surface area contributed by atoms with Gasteiger partial charge in [-0.2, -0.15) is 0 Å². The van der Waals surface area contributed by atoms with Gasteiger partial charge in [0.1, 0.15) is 5.60 Å². The van der Waals surface area contributed by atoms with E-state index in [0.29, 0.717) is 13.1 Å². The molecule has 1 aliphatic heterocycles. The Hall–Kier alpha value is -1.59. The summed E-state index contributed by atoms with van der Waals surface area (Å²) in [7, 11) is 0. The number of aliphatic carboxylic acids is 1. The third kappa shape index (κ3) is 5.28. The van der Waals surface area contributed by atoms with Crippen molar-refractivity contribution in [3.05, 3.63) is 0 Å². The number of ketones is 1. The van der Waals surface area contributed by atoms with E-state index in [2.05, 4.69) is 0 Å². The van der Waals surface area contributed by atoms with Crippen LogP contribution in [0.25, 0.3) is 0 Å². The number of ether oxygens (including phenoxy) is 1. The molecule has 1 fully saturated rings. The Morgan fingerprint density at radius 3 is 2.47 bits per heavy atom. The molecular weight excluding hydrogens is 250 g/mol. The summed E-state index contributed by atoms with van der Waals surface area (Å²) in [6, 6.07) is 0. The van der Waals surface area contributed by atoms with Gasteiger partial charge in [-0.3, -0.25) is 4.79 Å². The van der Waals surface area contributed by atoms with E-state index in [-0.39, 0.29) is 12.3 Å². The smallest absolute Gasteiger partial charge is 0.410 e. The second-order valence-electron chi connectivity index (χ2n) is 5.87. The highest BCUT2D eigenvalue weighted by Crippen LogP contribution is 2.21. The summed E-state index contributed by atoms with van der Waals surface area (Å²) < 4.78 is 5.26. The molecule has 1 atom stereocenters. The molecular formula is C13H21NO5. The third-order valence-corrected chi connectivity index (χ3v) is 2.88. The van der Waals surface area contributed by atoms with Gasteiger partial charge in [-0.25, -0.2) is 9.59 Å². The maximum absolute atomic E-state index is 11.9. The number of rotatable bonds is 3. The summed E-state index contributed by atoms with van der Waals surface area (Å²) in [5.74, 6) is -2.30. The zero-order valence-electron chi connectivity index (χ0n) is 11.6. The molecule has 6 heteroatoms. The Labute approximate surface area is 112 Å². The predicted octanol–water partition coefficient (Wildman–Crippen LogP) is 1.68. The minimum atomic E-state index is -1.41. The lowest BCUT2D eigenvalue weighted by Gasteiger charge is -2.33. The molecule has 1 N–H and O–H groups in total. The van der Waals surface area contributed by atoms with Crippen molar-refractivity contribution in [3.8, 4) is 0 Å². The number of likely N-dealkylation sites (tertiary alicyclic amines) is 1. The molecule has 0 saturated carbocycles. The van der Waals surface area contributed by atoms with Crippen molar-refractivity contribution >= 4 is 17.8 Å². The third-order valence-electron chi connectivity index (χ3n) is 2.88. The standard InChI is InChI=1S/C13H21NO5/c1-13(2,3)19-12(18)14-6-4-5-9(8-14)7-10(15)11(16)17/h9H,4-8H2,1-3H3,(H,16,17). The first-order valence-electron chi connectivity index (χ1n) is 6.43. The molecule has 1 amide bonds. The summed E-state index contributed by atoms with van der Waals surface area (Å²) in [5, 5.41) is 8.59. The van der Waals surface area contributed by atoms with Gasteiger partial charge in [-0.05, 0) is 39.5 Å². The molecule has 0 bridgehead atoms. The quantitative estimate of drug-likeness (QED) is 0.789. The fourth-order valence-electron chi connectivity index (χ4n) is 2.07. The summed E-state index contributed by atoms with van der Waals surface area (Å²) in [6.07, 6.45) is 1.10. The fraction of sp³-hybridized carbons (Fsp3) is 0.769. The van der Waals surface area contributed by atoms with Crippen molar-refractivity contribution in [2.24, 2.45) is 5.92 Å². The highest BCUT2D eigenvalue weighted by molar-refractivity contribution is 6.32. The number of carboxylic acids is 1. The number of Topliss-reactive ketones (excluding diaryl/α,β-unsaturated/α-hetero) is 1. The van der Waals surface area contributed by atoms with Crippen LogP contribution < -0.4 is 0 Å². The first-order valence-corrected chi connectivity index (χ1v) is 6.43. The number of carbonyl (C=O) groups is 3. The van der Waals surface area contributed by atoms with Crippen molar-refractivity contribution in [3.63, 3.8) is 0 Å². The van der Waals surface area contributed by atoms with Crippen LogP contribution in [0.2, 0.25) is 0 Å². The van der Waals surface area contributed by atoms with Crippen molar-refractivity contribution in [1.82, 2.24) is 4.90 Å². The highest BCUT2D eigenvalue weighted by atomic mass is 16.6. The van der Waals surface area contributed by atoms with Crippen molar-refractivity contribution in [1.29, 1.82) is 0 Å². The van der Waals surface area contributed by atoms with Gasteiger partial charge in [-0.15, -0.1) is 0 Å². The van der Waals surface area contributed by atoms with Crippen molar-refractivity contribution in [2.75, 3.05) is 13.1 Å². The Morgan fingerprint density at radius 2 is 1.95 bits per heavy atom. The molecule has 0 aromatic carbocycles. The zero-order valence-corrected chi connectivity index (χ0v) is 11.6. The average molecular weight is 271 g/mol. The van der Waals surface area contributed by atoms with Gasteiger partial charge in [0.2, 0.25) is 5.78 Å². The van der Waals surface area contributed by atoms with E-state index < -0.39 is 23.4 Å². The number of hydrogen-bond acceptors (Lipinski definition) is 4. The Bertz CT molecular complexity index is 372.